The topological polar surface area (TPSA) is 262 Å². The molecule has 0 aliphatic carbocycles. The summed E-state index contributed by atoms with van der Waals surface area (Å²) >= 11 is 0. The minimum Gasteiger partial charge on any atom is -0.553 e. The Morgan fingerprint density at radius 2 is 0.985 bits per heavy atom. The second-order valence-corrected chi connectivity index (χ2v) is 15.5. The van der Waals surface area contributed by atoms with Gasteiger partial charge in [0.1, 0.15) is 0 Å². The summed E-state index contributed by atoms with van der Waals surface area (Å²) < 4.78 is 16.0. The van der Waals surface area contributed by atoms with E-state index < -0.39 is 11.9 Å². The number of nitrogens with one attached hydrogen (secondary N) is 3. The summed E-state index contributed by atoms with van der Waals surface area (Å²) in [6.45, 7) is 25.5. The van der Waals surface area contributed by atoms with Crippen molar-refractivity contribution in [3.8, 4) is 22.8 Å². The van der Waals surface area contributed by atoms with E-state index in [1.54, 1.807) is 18.2 Å². The molecular formula is C44H50N13NaO7. The zero-order valence-electron chi connectivity index (χ0n) is 38.3. The van der Waals surface area contributed by atoms with E-state index in [2.05, 4.69) is 101 Å². The molecule has 0 unspecified atom stereocenters. The van der Waals surface area contributed by atoms with Crippen LogP contribution in [0.3, 0.4) is 0 Å². The van der Waals surface area contributed by atoms with Crippen molar-refractivity contribution in [2.45, 2.75) is 80.4 Å². The molecule has 0 atom stereocenters. The number of nitrogens with zero attached hydrogens (tertiary/aromatic N) is 10. The fourth-order valence-corrected chi connectivity index (χ4v) is 7.63. The summed E-state index contributed by atoms with van der Waals surface area (Å²) in [5.74, 6) is 3.84. The van der Waals surface area contributed by atoms with Crippen LogP contribution in [0.4, 0.5) is 5.69 Å². The third-order valence-corrected chi connectivity index (χ3v) is 10.4. The molecule has 20 nitrogen and oxygen atoms in total. The maximum atomic E-state index is 12.2. The maximum absolute atomic E-state index is 12.2. The zero-order valence-corrected chi connectivity index (χ0v) is 40.3. The Labute approximate surface area is 396 Å². The van der Waals surface area contributed by atoms with Gasteiger partial charge in [0, 0.05) is 69.5 Å². The first-order valence-corrected chi connectivity index (χ1v) is 19.9. The third kappa shape index (κ3) is 10.5. The van der Waals surface area contributed by atoms with E-state index in [0.29, 0.717) is 34.0 Å². The molecule has 334 valence electrons. The van der Waals surface area contributed by atoms with Crippen LogP contribution < -0.4 is 29.6 Å². The first-order valence-electron chi connectivity index (χ1n) is 19.9. The van der Waals surface area contributed by atoms with E-state index in [1.165, 1.54) is 14.2 Å². The molecule has 0 aliphatic rings. The molecule has 0 saturated heterocycles. The molecule has 65 heavy (non-hydrogen) atoms. The van der Waals surface area contributed by atoms with Crippen LogP contribution in [0.5, 0.6) is 0 Å². The van der Waals surface area contributed by atoms with Crippen molar-refractivity contribution < 1.29 is 63.7 Å². The van der Waals surface area contributed by atoms with Gasteiger partial charge in [0.05, 0.1) is 48.5 Å². The molecule has 0 fully saturated rings. The van der Waals surface area contributed by atoms with Crippen LogP contribution >= 0.6 is 0 Å². The number of benzene rings is 3. The van der Waals surface area contributed by atoms with Crippen molar-refractivity contribution >= 4 is 56.3 Å². The van der Waals surface area contributed by atoms with Crippen molar-refractivity contribution in [1.29, 1.82) is 0 Å². The van der Waals surface area contributed by atoms with Crippen molar-refractivity contribution in [2.24, 2.45) is 0 Å². The minimum absolute atomic E-state index is 0. The molecule has 0 saturated carbocycles. The van der Waals surface area contributed by atoms with Crippen LogP contribution in [-0.2, 0) is 9.47 Å². The minimum atomic E-state index is -0.963. The maximum Gasteiger partial charge on any atom is 1.00 e. The van der Waals surface area contributed by atoms with E-state index in [1.807, 2.05) is 57.6 Å². The number of esters is 2. The molecule has 3 aromatic carbocycles. The SMILES string of the molecule is COC(=O)c1cc(-c2nn[nH]n2)cc2c1c(C)cn2C(C)C.Cc1cn(C(C)C)c2cc(-c3nn[nH]n3)cc(C(=O)O)c12.[C-]#[N+]c1cc(C(=O)OC)c2c(C)cn(C(C)C)c2c1.[NH-]O.[Na+]. The number of ether oxygens (including phenoxy) is 2. The van der Waals surface area contributed by atoms with E-state index >= 15 is 0 Å². The Morgan fingerprint density at radius 1 is 0.631 bits per heavy atom. The van der Waals surface area contributed by atoms with Crippen LogP contribution in [0.1, 0.15) is 107 Å². The van der Waals surface area contributed by atoms with Gasteiger partial charge in [-0.3, -0.25) is 0 Å². The normalized spacial score (nSPS) is 10.8. The van der Waals surface area contributed by atoms with Gasteiger partial charge in [0.25, 0.3) is 0 Å². The number of carboxylic acids is 1. The van der Waals surface area contributed by atoms with Crippen LogP contribution in [0, 0.1) is 27.3 Å². The molecule has 0 spiro atoms. The molecule has 8 rings (SSSR count). The number of aromatic amines is 2. The number of aromatic carboxylic acids is 1. The number of methoxy groups -OCH3 is 2. The van der Waals surface area contributed by atoms with Crippen molar-refractivity contribution in [3.05, 3.63) is 106 Å². The van der Waals surface area contributed by atoms with Gasteiger partial charge in [-0.25, -0.2) is 19.2 Å². The summed E-state index contributed by atoms with van der Waals surface area (Å²) in [6.07, 6.45) is 6.03. The number of carbonyl (C=O) groups is 3. The fraction of sp³-hybridized carbons (Fsp3) is 0.318. The van der Waals surface area contributed by atoms with Gasteiger partial charge < -0.3 is 39.4 Å². The second-order valence-electron chi connectivity index (χ2n) is 15.5. The van der Waals surface area contributed by atoms with Gasteiger partial charge in [-0.1, -0.05) is 0 Å². The average Bonchev–Trinajstić information content (AvgIpc) is 4.15. The number of carbonyl (C=O) groups excluding carboxylic acids is 2. The number of hydrogen-bond donors (Lipinski definition) is 4. The molecule has 21 heteroatoms. The Kier molecular flexibility index (Phi) is 17.0. The van der Waals surface area contributed by atoms with Crippen LogP contribution in [0.2, 0.25) is 0 Å². The van der Waals surface area contributed by atoms with E-state index in [-0.39, 0.29) is 59.2 Å². The Bertz CT molecular complexity index is 3000. The van der Waals surface area contributed by atoms with Gasteiger partial charge in [0.15, 0.2) is 5.69 Å². The summed E-state index contributed by atoms with van der Waals surface area (Å²) in [4.78, 5) is 39.1. The molecular weight excluding hydrogens is 846 g/mol. The van der Waals surface area contributed by atoms with Crippen LogP contribution in [-0.4, -0.2) is 97.4 Å². The average molecular weight is 896 g/mol. The number of tetrazole rings is 2. The van der Waals surface area contributed by atoms with E-state index in [9.17, 15) is 19.5 Å². The molecule has 0 radical (unpaired) electrons. The van der Waals surface area contributed by atoms with Gasteiger partial charge in [-0.15, -0.1) is 20.4 Å². The number of H-pyrrole nitrogens is 2. The third-order valence-electron chi connectivity index (χ3n) is 10.4. The molecule has 5 N–H and O–H groups in total. The quantitative estimate of drug-likeness (QED) is 0.0573. The van der Waals surface area contributed by atoms with Gasteiger partial charge in [-0.2, -0.15) is 10.4 Å². The van der Waals surface area contributed by atoms with E-state index in [4.69, 9.17) is 27.2 Å². The largest absolute Gasteiger partial charge is 1.00 e. The summed E-state index contributed by atoms with van der Waals surface area (Å²) in [7, 11) is 2.73. The molecule has 0 aliphatic heterocycles. The van der Waals surface area contributed by atoms with Crippen molar-refractivity contribution in [1.82, 2.24) is 54.9 Å². The predicted molar refractivity (Wildman–Crippen MR) is 240 cm³/mol. The Balaban J connectivity index is 0.000000208. The number of aryl methyl sites for hydroxylation is 3. The van der Waals surface area contributed by atoms with Gasteiger partial charge in [0.2, 0.25) is 11.6 Å². The molecule has 0 bridgehead atoms. The number of fused-ring (bicyclic) bond motifs is 3. The second kappa shape index (κ2) is 21.7. The predicted octanol–water partition coefficient (Wildman–Crippen LogP) is 6.21. The van der Waals surface area contributed by atoms with Crippen molar-refractivity contribution in [3.63, 3.8) is 0 Å². The van der Waals surface area contributed by atoms with Crippen LogP contribution in [0.15, 0.2) is 55.0 Å². The molecule has 5 heterocycles. The van der Waals surface area contributed by atoms with Gasteiger partial charge in [-0.05, 0) is 126 Å². The molecule has 5 aromatic heterocycles. The van der Waals surface area contributed by atoms with Crippen LogP contribution in [0.25, 0.3) is 66.2 Å². The van der Waals surface area contributed by atoms with Gasteiger partial charge >= 0.3 is 47.5 Å². The number of aromatic nitrogens is 11. The summed E-state index contributed by atoms with van der Waals surface area (Å²) in [5, 5.41) is 46.0. The monoisotopic (exact) mass is 895 g/mol. The zero-order chi connectivity index (χ0) is 47.2. The molecule has 8 aromatic rings. The first-order chi connectivity index (χ1) is 30.5. The van der Waals surface area contributed by atoms with E-state index in [0.717, 1.165) is 55.0 Å². The first kappa shape index (κ1) is 50.9. The molecule has 0 amide bonds. The standard InChI is InChI=1S/C15H17N5O2.C15H16N2O2.C14H15N5O2.H2NO.Na/c1-8(2)20-7-9(3)13-11(15(21)22-4)5-10(6-12(13)20)14-16-18-19-17-14;1-9(2)17-8-10(3)14-12(15(18)19-5)6-11(16-4)7-13(14)17;1-7(2)19-6-8(3)12-10(14(20)21)4-9(5-11(12)19)13-15-17-18-16-13;1-2;/h5-8H,1-4H3,(H,16,17,18,19);6-9H,1-3,5H3;4-7H,1-3H3,(H,20,21)(H,15,16,17,18);1-2H;/q;;;-1;+1. The Hall–Kier alpha value is -6.76. The van der Waals surface area contributed by atoms with Crippen molar-refractivity contribution in [2.75, 3.05) is 14.2 Å². The number of carboxylic acid groups (broad SMARTS) is 1. The fourth-order valence-electron chi connectivity index (χ4n) is 7.63. The Morgan fingerprint density at radius 3 is 1.31 bits per heavy atom. The summed E-state index contributed by atoms with van der Waals surface area (Å²) in [6, 6.07) is 11.4. The number of rotatable bonds is 8. The summed E-state index contributed by atoms with van der Waals surface area (Å²) in [5.41, 5.74) is 8.74. The number of hydrogen-bond acceptors (Lipinski definition) is 12. The smallest absolute Gasteiger partial charge is 0.553 e.